The molecule has 0 bridgehead atoms. The minimum atomic E-state index is 0.0562. The predicted octanol–water partition coefficient (Wildman–Crippen LogP) is 5.51. The fourth-order valence-electron chi connectivity index (χ4n) is 3.17. The van der Waals surface area contributed by atoms with E-state index >= 15 is 0 Å². The minimum absolute atomic E-state index is 0.0562. The summed E-state index contributed by atoms with van der Waals surface area (Å²) in [5.74, 6) is 0.477. The van der Waals surface area contributed by atoms with Crippen LogP contribution in [-0.4, -0.2) is 20.4 Å². The van der Waals surface area contributed by atoms with Gasteiger partial charge in [0.05, 0.1) is 0 Å². The van der Waals surface area contributed by atoms with Crippen molar-refractivity contribution in [2.75, 3.05) is 0 Å². The van der Waals surface area contributed by atoms with Crippen molar-refractivity contribution in [1.29, 1.82) is 0 Å². The topological polar surface area (TPSA) is 80.9 Å². The molecule has 4 N–H and O–H groups in total. The Bertz CT molecular complexity index is 1040. The summed E-state index contributed by atoms with van der Waals surface area (Å²) >= 11 is 0. The van der Waals surface area contributed by atoms with Crippen LogP contribution < -0.4 is 0 Å². The Hall–Kier alpha value is -3.92. The lowest BCUT2D eigenvalue weighted by Gasteiger charge is -2.12. The van der Waals surface area contributed by atoms with Crippen LogP contribution in [0.5, 0.6) is 23.0 Å². The number of aromatic hydroxyl groups is 4. The van der Waals surface area contributed by atoms with Crippen molar-refractivity contribution in [3.05, 3.63) is 84.9 Å². The van der Waals surface area contributed by atoms with Gasteiger partial charge in [-0.15, -0.1) is 0 Å². The summed E-state index contributed by atoms with van der Waals surface area (Å²) in [5, 5.41) is 39.8. The standard InChI is InChI=1S/C24H18O4/c25-19-7-1-15(2-8-19)17-5-11-23(27)21(13-17)22-14-18(6-12-24(22)28)16-3-9-20(26)10-4-16/h1-14,25-28H. The second kappa shape index (κ2) is 7.00. The van der Waals surface area contributed by atoms with Crippen molar-refractivity contribution in [2.24, 2.45) is 0 Å². The summed E-state index contributed by atoms with van der Waals surface area (Å²) in [6.45, 7) is 0. The first-order valence-electron chi connectivity index (χ1n) is 8.76. The number of hydrogen-bond donors (Lipinski definition) is 4. The van der Waals surface area contributed by atoms with Gasteiger partial charge in [0.25, 0.3) is 0 Å². The molecule has 28 heavy (non-hydrogen) atoms. The van der Waals surface area contributed by atoms with Crippen LogP contribution in [0.2, 0.25) is 0 Å². The van der Waals surface area contributed by atoms with E-state index in [0.29, 0.717) is 11.1 Å². The van der Waals surface area contributed by atoms with Gasteiger partial charge in [0.15, 0.2) is 0 Å². The van der Waals surface area contributed by atoms with Gasteiger partial charge in [-0.05, 0) is 70.8 Å². The van der Waals surface area contributed by atoms with Gasteiger partial charge < -0.3 is 20.4 Å². The smallest absolute Gasteiger partial charge is 0.123 e. The average Bonchev–Trinajstić information content (AvgIpc) is 2.70. The normalized spacial score (nSPS) is 10.7. The van der Waals surface area contributed by atoms with Crippen molar-refractivity contribution in [3.8, 4) is 56.4 Å². The molecule has 4 rings (SSSR count). The van der Waals surface area contributed by atoms with E-state index in [-0.39, 0.29) is 23.0 Å². The van der Waals surface area contributed by atoms with Crippen LogP contribution in [0.1, 0.15) is 0 Å². The molecular formula is C24H18O4. The van der Waals surface area contributed by atoms with Crippen molar-refractivity contribution in [1.82, 2.24) is 0 Å². The molecule has 0 aliphatic rings. The molecule has 4 heteroatoms. The first kappa shape index (κ1) is 17.5. The molecule has 0 aliphatic carbocycles. The zero-order valence-electron chi connectivity index (χ0n) is 14.9. The molecule has 0 atom stereocenters. The number of rotatable bonds is 3. The van der Waals surface area contributed by atoms with E-state index in [9.17, 15) is 20.4 Å². The van der Waals surface area contributed by atoms with Crippen molar-refractivity contribution in [2.45, 2.75) is 0 Å². The second-order valence-corrected chi connectivity index (χ2v) is 6.56. The first-order valence-corrected chi connectivity index (χ1v) is 8.76. The molecule has 0 radical (unpaired) electrons. The molecule has 0 amide bonds. The van der Waals surface area contributed by atoms with Gasteiger partial charge >= 0.3 is 0 Å². The molecule has 4 nitrogen and oxygen atoms in total. The van der Waals surface area contributed by atoms with Crippen LogP contribution in [-0.2, 0) is 0 Å². The fraction of sp³-hybridized carbons (Fsp3) is 0. The van der Waals surface area contributed by atoms with E-state index in [0.717, 1.165) is 22.3 Å². The second-order valence-electron chi connectivity index (χ2n) is 6.56. The maximum atomic E-state index is 10.4. The molecular weight excluding hydrogens is 352 g/mol. The van der Waals surface area contributed by atoms with E-state index in [2.05, 4.69) is 0 Å². The van der Waals surface area contributed by atoms with Gasteiger partial charge in [-0.1, -0.05) is 36.4 Å². The summed E-state index contributed by atoms with van der Waals surface area (Å²) < 4.78 is 0. The third kappa shape index (κ3) is 3.35. The molecule has 0 saturated heterocycles. The third-order valence-corrected chi connectivity index (χ3v) is 4.68. The lowest BCUT2D eigenvalue weighted by atomic mass is 9.94. The molecule has 4 aromatic carbocycles. The van der Waals surface area contributed by atoms with E-state index in [1.807, 2.05) is 0 Å². The first-order chi connectivity index (χ1) is 13.5. The Morgan fingerprint density at radius 3 is 1.04 bits per heavy atom. The summed E-state index contributed by atoms with van der Waals surface area (Å²) in [6, 6.07) is 23.9. The zero-order chi connectivity index (χ0) is 19.7. The van der Waals surface area contributed by atoms with Crippen LogP contribution in [0.25, 0.3) is 33.4 Å². The van der Waals surface area contributed by atoms with E-state index < -0.39 is 0 Å². The minimum Gasteiger partial charge on any atom is -0.508 e. The summed E-state index contributed by atoms with van der Waals surface area (Å²) in [7, 11) is 0. The number of benzene rings is 4. The molecule has 138 valence electrons. The lowest BCUT2D eigenvalue weighted by Crippen LogP contribution is -1.86. The molecule has 0 aliphatic heterocycles. The quantitative estimate of drug-likeness (QED) is 0.383. The molecule has 4 aromatic rings. The van der Waals surface area contributed by atoms with Gasteiger partial charge in [-0.25, -0.2) is 0 Å². The van der Waals surface area contributed by atoms with Gasteiger partial charge in [0.1, 0.15) is 23.0 Å². The lowest BCUT2D eigenvalue weighted by molar-refractivity contribution is 0.469. The summed E-state index contributed by atoms with van der Waals surface area (Å²) in [4.78, 5) is 0. The molecule has 0 aromatic heterocycles. The summed E-state index contributed by atoms with van der Waals surface area (Å²) in [5.41, 5.74) is 4.47. The Morgan fingerprint density at radius 2 is 0.679 bits per heavy atom. The van der Waals surface area contributed by atoms with Gasteiger partial charge in [-0.3, -0.25) is 0 Å². The number of phenols is 4. The third-order valence-electron chi connectivity index (χ3n) is 4.68. The molecule has 0 unspecified atom stereocenters. The highest BCUT2D eigenvalue weighted by molar-refractivity contribution is 5.83. The van der Waals surface area contributed by atoms with Crippen molar-refractivity contribution < 1.29 is 20.4 Å². The van der Waals surface area contributed by atoms with Crippen molar-refractivity contribution in [3.63, 3.8) is 0 Å². The van der Waals surface area contributed by atoms with Gasteiger partial charge in [0, 0.05) is 11.1 Å². The highest BCUT2D eigenvalue weighted by atomic mass is 16.3. The Kier molecular flexibility index (Phi) is 4.38. The summed E-state index contributed by atoms with van der Waals surface area (Å²) in [6.07, 6.45) is 0. The van der Waals surface area contributed by atoms with Crippen LogP contribution in [0.4, 0.5) is 0 Å². The molecule has 0 saturated carbocycles. The zero-order valence-corrected chi connectivity index (χ0v) is 14.9. The van der Waals surface area contributed by atoms with E-state index in [1.54, 1.807) is 84.9 Å². The Balaban J connectivity index is 1.82. The number of hydrogen-bond acceptors (Lipinski definition) is 4. The van der Waals surface area contributed by atoms with E-state index in [4.69, 9.17) is 0 Å². The highest BCUT2D eigenvalue weighted by Crippen LogP contribution is 2.40. The average molecular weight is 370 g/mol. The maximum Gasteiger partial charge on any atom is 0.123 e. The van der Waals surface area contributed by atoms with Crippen molar-refractivity contribution >= 4 is 0 Å². The predicted molar refractivity (Wildman–Crippen MR) is 109 cm³/mol. The van der Waals surface area contributed by atoms with Crippen LogP contribution in [0.15, 0.2) is 84.9 Å². The molecule has 0 spiro atoms. The fourth-order valence-corrected chi connectivity index (χ4v) is 3.17. The molecule has 0 fully saturated rings. The van der Waals surface area contributed by atoms with Crippen LogP contribution in [0.3, 0.4) is 0 Å². The Morgan fingerprint density at radius 1 is 0.357 bits per heavy atom. The monoisotopic (exact) mass is 370 g/mol. The Labute approximate surface area is 162 Å². The van der Waals surface area contributed by atoms with Gasteiger partial charge in [0.2, 0.25) is 0 Å². The van der Waals surface area contributed by atoms with Gasteiger partial charge in [-0.2, -0.15) is 0 Å². The van der Waals surface area contributed by atoms with Crippen LogP contribution in [0, 0.1) is 0 Å². The maximum absolute atomic E-state index is 10.4. The number of phenolic OH excluding ortho intramolecular Hbond substituents is 4. The van der Waals surface area contributed by atoms with Crippen LogP contribution >= 0.6 is 0 Å². The highest BCUT2D eigenvalue weighted by Gasteiger charge is 2.13. The SMILES string of the molecule is Oc1ccc(-c2ccc(O)c(-c3cc(-c4ccc(O)cc4)ccc3O)c2)cc1. The van der Waals surface area contributed by atoms with E-state index in [1.165, 1.54) is 0 Å². The largest absolute Gasteiger partial charge is 0.508 e. The molecule has 0 heterocycles.